The molecule has 1 N–H and O–H groups in total. The molecule has 1 atom stereocenters. The van der Waals surface area contributed by atoms with Crippen molar-refractivity contribution in [3.8, 4) is 0 Å². The molecule has 0 radical (unpaired) electrons. The van der Waals surface area contributed by atoms with Gasteiger partial charge in [0.1, 0.15) is 5.82 Å². The molecule has 0 saturated carbocycles. The van der Waals surface area contributed by atoms with Gasteiger partial charge in [-0.1, -0.05) is 6.07 Å². The highest BCUT2D eigenvalue weighted by atomic mass is 32.2. The Morgan fingerprint density at radius 3 is 2.89 bits per heavy atom. The molecule has 1 aliphatic heterocycles. The van der Waals surface area contributed by atoms with Crippen molar-refractivity contribution < 1.29 is 17.9 Å². The molecule has 6 heteroatoms. The monoisotopic (exact) mass is 287 g/mol. The second kappa shape index (κ2) is 5.98. The molecule has 1 heterocycles. The third-order valence-electron chi connectivity index (χ3n) is 3.42. The molecule has 0 aromatic heterocycles. The average Bonchev–Trinajstić information content (AvgIpc) is 2.85. The minimum atomic E-state index is -3.63. The van der Waals surface area contributed by atoms with Crippen molar-refractivity contribution in [1.29, 1.82) is 0 Å². The number of aliphatic hydroxyl groups excluding tert-OH is 1. The Morgan fingerprint density at radius 2 is 2.21 bits per heavy atom. The van der Waals surface area contributed by atoms with Gasteiger partial charge >= 0.3 is 0 Å². The Balaban J connectivity index is 2.23. The zero-order valence-corrected chi connectivity index (χ0v) is 11.4. The maximum absolute atomic E-state index is 13.2. The molecule has 1 unspecified atom stereocenters. The van der Waals surface area contributed by atoms with Crippen molar-refractivity contribution in [1.82, 2.24) is 4.31 Å². The summed E-state index contributed by atoms with van der Waals surface area (Å²) >= 11 is 0. The van der Waals surface area contributed by atoms with Gasteiger partial charge in [0, 0.05) is 19.2 Å². The van der Waals surface area contributed by atoms with E-state index >= 15 is 0 Å². The summed E-state index contributed by atoms with van der Waals surface area (Å²) in [5.74, 6) is -0.549. The Hall–Kier alpha value is -0.980. The van der Waals surface area contributed by atoms with Crippen molar-refractivity contribution in [2.24, 2.45) is 0 Å². The van der Waals surface area contributed by atoms with Gasteiger partial charge in [-0.3, -0.25) is 0 Å². The summed E-state index contributed by atoms with van der Waals surface area (Å²) in [4.78, 5) is 0.00315. The van der Waals surface area contributed by atoms with Gasteiger partial charge in [0.2, 0.25) is 10.0 Å². The molecule has 106 valence electrons. The molecule has 2 rings (SSSR count). The van der Waals surface area contributed by atoms with Gasteiger partial charge in [-0.15, -0.1) is 0 Å². The highest BCUT2D eigenvalue weighted by Gasteiger charge is 2.34. The van der Waals surface area contributed by atoms with Crippen molar-refractivity contribution >= 4 is 10.0 Å². The van der Waals surface area contributed by atoms with E-state index in [0.29, 0.717) is 19.4 Å². The van der Waals surface area contributed by atoms with Crippen LogP contribution < -0.4 is 0 Å². The quantitative estimate of drug-likeness (QED) is 0.897. The molecule has 1 saturated heterocycles. The summed E-state index contributed by atoms with van der Waals surface area (Å²) < 4.78 is 39.5. The van der Waals surface area contributed by atoms with E-state index in [-0.39, 0.29) is 17.5 Å². The van der Waals surface area contributed by atoms with Crippen molar-refractivity contribution in [3.05, 3.63) is 30.1 Å². The van der Waals surface area contributed by atoms with E-state index in [0.717, 1.165) is 18.9 Å². The van der Waals surface area contributed by atoms with Gasteiger partial charge in [0.05, 0.1) is 4.90 Å². The Labute approximate surface area is 112 Å². The SMILES string of the molecule is O=S(=O)(c1cccc(F)c1)N1CCCC1CCCO. The van der Waals surface area contributed by atoms with Crippen LogP contribution in [0.3, 0.4) is 0 Å². The molecule has 19 heavy (non-hydrogen) atoms. The van der Waals surface area contributed by atoms with E-state index in [1.807, 2.05) is 0 Å². The largest absolute Gasteiger partial charge is 0.396 e. The zero-order chi connectivity index (χ0) is 13.9. The fourth-order valence-electron chi connectivity index (χ4n) is 2.50. The Kier molecular flexibility index (Phi) is 4.54. The van der Waals surface area contributed by atoms with Gasteiger partial charge < -0.3 is 5.11 Å². The molecule has 1 aromatic carbocycles. The Morgan fingerprint density at radius 1 is 1.42 bits per heavy atom. The first kappa shape index (κ1) is 14.4. The summed E-state index contributed by atoms with van der Waals surface area (Å²) in [5, 5.41) is 8.85. The molecule has 0 amide bonds. The first-order valence-electron chi connectivity index (χ1n) is 6.44. The number of hydrogen-bond acceptors (Lipinski definition) is 3. The second-order valence-corrected chi connectivity index (χ2v) is 6.63. The highest BCUT2D eigenvalue weighted by molar-refractivity contribution is 7.89. The predicted molar refractivity (Wildman–Crippen MR) is 69.6 cm³/mol. The molecule has 0 spiro atoms. The first-order chi connectivity index (χ1) is 9.05. The molecule has 0 bridgehead atoms. The van der Waals surface area contributed by atoms with Gasteiger partial charge in [0.25, 0.3) is 0 Å². The maximum atomic E-state index is 13.2. The molecule has 0 aliphatic carbocycles. The van der Waals surface area contributed by atoms with Crippen LogP contribution in [0.2, 0.25) is 0 Å². The van der Waals surface area contributed by atoms with Gasteiger partial charge in [-0.05, 0) is 43.9 Å². The van der Waals surface area contributed by atoms with Gasteiger partial charge in [-0.25, -0.2) is 12.8 Å². The van der Waals surface area contributed by atoms with Crippen LogP contribution in [-0.2, 0) is 10.0 Å². The third kappa shape index (κ3) is 3.13. The van der Waals surface area contributed by atoms with Gasteiger partial charge in [0.15, 0.2) is 0 Å². The Bertz CT molecular complexity index is 532. The highest BCUT2D eigenvalue weighted by Crippen LogP contribution is 2.28. The molecule has 1 fully saturated rings. The van der Waals surface area contributed by atoms with E-state index in [1.165, 1.54) is 22.5 Å². The molecule has 4 nitrogen and oxygen atoms in total. The lowest BCUT2D eigenvalue weighted by Gasteiger charge is -2.23. The predicted octanol–water partition coefficient (Wildman–Crippen LogP) is 1.75. The lowest BCUT2D eigenvalue weighted by molar-refractivity contribution is 0.264. The smallest absolute Gasteiger partial charge is 0.243 e. The number of halogens is 1. The van der Waals surface area contributed by atoms with E-state index in [9.17, 15) is 12.8 Å². The first-order valence-corrected chi connectivity index (χ1v) is 7.88. The molecule has 1 aliphatic rings. The third-order valence-corrected chi connectivity index (χ3v) is 5.37. The van der Waals surface area contributed by atoms with Crippen LogP contribution in [0.1, 0.15) is 25.7 Å². The van der Waals surface area contributed by atoms with E-state index in [1.54, 1.807) is 0 Å². The normalized spacial score (nSPS) is 20.8. The van der Waals surface area contributed by atoms with Crippen LogP contribution in [0.15, 0.2) is 29.2 Å². The van der Waals surface area contributed by atoms with Crippen LogP contribution in [0.5, 0.6) is 0 Å². The number of nitrogens with zero attached hydrogens (tertiary/aromatic N) is 1. The van der Waals surface area contributed by atoms with Crippen molar-refractivity contribution in [2.45, 2.75) is 36.6 Å². The van der Waals surface area contributed by atoms with Crippen molar-refractivity contribution in [2.75, 3.05) is 13.2 Å². The lowest BCUT2D eigenvalue weighted by Crippen LogP contribution is -2.35. The molecular formula is C13H18FNO3S. The standard InChI is InChI=1S/C13H18FNO3S/c14-11-4-1-7-13(10-11)19(17,18)15-8-2-5-12(15)6-3-9-16/h1,4,7,10,12,16H,2-3,5-6,8-9H2. The summed E-state index contributed by atoms with van der Waals surface area (Å²) in [6.45, 7) is 0.527. The summed E-state index contributed by atoms with van der Waals surface area (Å²) in [5.41, 5.74) is 0. The van der Waals surface area contributed by atoms with E-state index in [2.05, 4.69) is 0 Å². The molecular weight excluding hydrogens is 269 g/mol. The fraction of sp³-hybridized carbons (Fsp3) is 0.538. The summed E-state index contributed by atoms with van der Waals surface area (Å²) in [6, 6.07) is 5.02. The van der Waals surface area contributed by atoms with Crippen LogP contribution in [0.4, 0.5) is 4.39 Å². The van der Waals surface area contributed by atoms with Crippen LogP contribution >= 0.6 is 0 Å². The lowest BCUT2D eigenvalue weighted by atomic mass is 10.1. The van der Waals surface area contributed by atoms with E-state index < -0.39 is 15.8 Å². The minimum Gasteiger partial charge on any atom is -0.396 e. The number of aliphatic hydroxyl groups is 1. The number of rotatable bonds is 5. The number of hydrogen-bond donors (Lipinski definition) is 1. The zero-order valence-electron chi connectivity index (χ0n) is 10.6. The number of benzene rings is 1. The topological polar surface area (TPSA) is 57.6 Å². The fourth-order valence-corrected chi connectivity index (χ4v) is 4.26. The van der Waals surface area contributed by atoms with Crippen molar-refractivity contribution in [3.63, 3.8) is 0 Å². The van der Waals surface area contributed by atoms with Crippen LogP contribution in [0, 0.1) is 5.82 Å². The summed E-state index contributed by atoms with van der Waals surface area (Å²) in [7, 11) is -3.63. The average molecular weight is 287 g/mol. The maximum Gasteiger partial charge on any atom is 0.243 e. The molecule has 1 aromatic rings. The van der Waals surface area contributed by atoms with Gasteiger partial charge in [-0.2, -0.15) is 4.31 Å². The number of sulfonamides is 1. The minimum absolute atomic E-state index is 0.00315. The second-order valence-electron chi connectivity index (χ2n) is 4.74. The van der Waals surface area contributed by atoms with E-state index in [4.69, 9.17) is 5.11 Å². The summed E-state index contributed by atoms with van der Waals surface area (Å²) in [6.07, 6.45) is 2.84. The van der Waals surface area contributed by atoms with Crippen LogP contribution in [0.25, 0.3) is 0 Å². The van der Waals surface area contributed by atoms with Crippen LogP contribution in [-0.4, -0.2) is 37.0 Å².